The molecule has 0 radical (unpaired) electrons. The van der Waals surface area contributed by atoms with Crippen LogP contribution in [0.1, 0.15) is 63.5 Å². The molecule has 0 N–H and O–H groups in total. The predicted octanol–water partition coefficient (Wildman–Crippen LogP) is 7.50. The summed E-state index contributed by atoms with van der Waals surface area (Å²) in [6.07, 6.45) is 3.49. The summed E-state index contributed by atoms with van der Waals surface area (Å²) in [5, 5.41) is 0. The van der Waals surface area contributed by atoms with Crippen molar-refractivity contribution in [2.75, 3.05) is 27.3 Å². The number of hydrogen-bond acceptors (Lipinski definition) is 6. The molecule has 0 aliphatic rings. The van der Waals surface area contributed by atoms with Crippen molar-refractivity contribution in [3.63, 3.8) is 0 Å². The zero-order valence-corrected chi connectivity index (χ0v) is 26.1. The van der Waals surface area contributed by atoms with Crippen molar-refractivity contribution in [3.8, 4) is 0 Å². The highest BCUT2D eigenvalue weighted by Crippen LogP contribution is 2.23. The lowest BCUT2D eigenvalue weighted by Gasteiger charge is -2.28. The van der Waals surface area contributed by atoms with E-state index in [9.17, 15) is 14.0 Å². The third kappa shape index (κ3) is 11.0. The molecule has 0 aliphatic carbocycles. The Balaban J connectivity index is 1.45. The number of unbranched alkanes of at least 4 members (excludes halogenated alkanes) is 1. The maximum atomic E-state index is 14.8. The zero-order chi connectivity index (χ0) is 31.9. The van der Waals surface area contributed by atoms with Gasteiger partial charge in [0.05, 0.1) is 32.5 Å². The van der Waals surface area contributed by atoms with E-state index in [1.807, 2.05) is 24.3 Å². The largest absolute Gasteiger partial charge is 0.469 e. The Hall–Kier alpha value is -4.33. The van der Waals surface area contributed by atoms with Gasteiger partial charge in [-0.3, -0.25) is 9.69 Å². The summed E-state index contributed by atoms with van der Waals surface area (Å²) >= 11 is 0. The van der Waals surface area contributed by atoms with Gasteiger partial charge in [-0.25, -0.2) is 9.18 Å². The average Bonchev–Trinajstić information content (AvgIpc) is 3.08. The van der Waals surface area contributed by atoms with Crippen molar-refractivity contribution < 1.29 is 28.2 Å². The molecule has 0 aliphatic heterocycles. The van der Waals surface area contributed by atoms with Crippen LogP contribution in [-0.2, 0) is 45.0 Å². The van der Waals surface area contributed by atoms with Crippen molar-refractivity contribution in [2.45, 2.75) is 51.4 Å². The molecule has 0 saturated carbocycles. The molecule has 0 heterocycles. The van der Waals surface area contributed by atoms with Crippen LogP contribution in [0.3, 0.4) is 0 Å². The first-order valence-electron chi connectivity index (χ1n) is 15.4. The predicted molar refractivity (Wildman–Crippen MR) is 173 cm³/mol. The fourth-order valence-electron chi connectivity index (χ4n) is 5.22. The van der Waals surface area contributed by atoms with Gasteiger partial charge >= 0.3 is 11.9 Å². The van der Waals surface area contributed by atoms with Gasteiger partial charge in [-0.1, -0.05) is 91.0 Å². The van der Waals surface area contributed by atoms with Crippen LogP contribution in [0.15, 0.2) is 103 Å². The average molecular weight is 612 g/mol. The van der Waals surface area contributed by atoms with Crippen molar-refractivity contribution in [3.05, 3.63) is 142 Å². The van der Waals surface area contributed by atoms with Crippen LogP contribution in [0.2, 0.25) is 0 Å². The Bertz CT molecular complexity index is 1480. The summed E-state index contributed by atoms with van der Waals surface area (Å²) in [6.45, 7) is 2.11. The van der Waals surface area contributed by atoms with Gasteiger partial charge in [0.15, 0.2) is 0 Å². The summed E-state index contributed by atoms with van der Waals surface area (Å²) in [5.74, 6) is -1.56. The second-order valence-corrected chi connectivity index (χ2v) is 11.1. The molecule has 0 aromatic heterocycles. The number of benzene rings is 4. The number of hydrogen-bond donors (Lipinski definition) is 0. The Morgan fingerprint density at radius 3 is 2.00 bits per heavy atom. The fourth-order valence-corrected chi connectivity index (χ4v) is 5.22. The first-order valence-corrected chi connectivity index (χ1v) is 15.4. The van der Waals surface area contributed by atoms with Gasteiger partial charge in [0, 0.05) is 19.5 Å². The summed E-state index contributed by atoms with van der Waals surface area (Å²) in [4.78, 5) is 25.8. The van der Waals surface area contributed by atoms with Gasteiger partial charge in [0.1, 0.15) is 5.82 Å². The third-order valence-electron chi connectivity index (χ3n) is 7.79. The lowest BCUT2D eigenvalue weighted by Crippen LogP contribution is -2.30. The van der Waals surface area contributed by atoms with E-state index in [2.05, 4.69) is 65.6 Å². The maximum absolute atomic E-state index is 14.8. The molecule has 0 spiro atoms. The fraction of sp³-hybridized carbons (Fsp3) is 0.316. The molecule has 0 saturated heterocycles. The van der Waals surface area contributed by atoms with Crippen molar-refractivity contribution in [1.29, 1.82) is 0 Å². The highest BCUT2D eigenvalue weighted by molar-refractivity contribution is 5.89. The molecule has 1 atom stereocenters. The summed E-state index contributed by atoms with van der Waals surface area (Å²) in [6, 6.07) is 33.7. The van der Waals surface area contributed by atoms with Gasteiger partial charge in [-0.05, 0) is 72.2 Å². The minimum Gasteiger partial charge on any atom is -0.469 e. The Labute approximate surface area is 265 Å². The first kappa shape index (κ1) is 33.6. The molecule has 4 aromatic carbocycles. The van der Waals surface area contributed by atoms with Crippen LogP contribution in [0.5, 0.6) is 0 Å². The van der Waals surface area contributed by atoms with Crippen LogP contribution in [0, 0.1) is 5.82 Å². The van der Waals surface area contributed by atoms with Crippen LogP contribution >= 0.6 is 0 Å². The van der Waals surface area contributed by atoms with Crippen LogP contribution in [-0.4, -0.2) is 44.1 Å². The van der Waals surface area contributed by atoms with E-state index in [4.69, 9.17) is 14.2 Å². The molecule has 0 amide bonds. The quantitative estimate of drug-likeness (QED) is 0.0910. The number of rotatable bonds is 17. The normalized spacial score (nSPS) is 11.7. The summed E-state index contributed by atoms with van der Waals surface area (Å²) in [7, 11) is 2.62. The van der Waals surface area contributed by atoms with E-state index in [0.717, 1.165) is 36.0 Å². The molecule has 0 bridgehead atoms. The Morgan fingerprint density at radius 1 is 0.733 bits per heavy atom. The number of nitrogens with zero attached hydrogens (tertiary/aromatic N) is 1. The molecule has 6 nitrogen and oxygen atoms in total. The summed E-state index contributed by atoms with van der Waals surface area (Å²) < 4.78 is 30.8. The SMILES string of the molecule is COC(=O)CCCCN(Cc1ccc(C(=O)OC)c(F)c1)CC(OCc1ccc(CCc2ccccc2)cc1)c1ccccc1. The lowest BCUT2D eigenvalue weighted by atomic mass is 10.0. The Morgan fingerprint density at radius 2 is 1.36 bits per heavy atom. The van der Waals surface area contributed by atoms with Gasteiger partial charge in [-0.15, -0.1) is 0 Å². The van der Waals surface area contributed by atoms with E-state index >= 15 is 0 Å². The lowest BCUT2D eigenvalue weighted by molar-refractivity contribution is -0.140. The van der Waals surface area contributed by atoms with Crippen LogP contribution in [0.25, 0.3) is 0 Å². The highest BCUT2D eigenvalue weighted by atomic mass is 19.1. The van der Waals surface area contributed by atoms with E-state index in [-0.39, 0.29) is 17.6 Å². The third-order valence-corrected chi connectivity index (χ3v) is 7.79. The zero-order valence-electron chi connectivity index (χ0n) is 26.1. The molecular weight excluding hydrogens is 569 g/mol. The number of methoxy groups -OCH3 is 2. The van der Waals surface area contributed by atoms with Crippen molar-refractivity contribution in [1.82, 2.24) is 4.90 Å². The number of carbonyl (C=O) groups excluding carboxylic acids is 2. The monoisotopic (exact) mass is 611 g/mol. The molecule has 236 valence electrons. The number of halogens is 1. The molecule has 7 heteroatoms. The van der Waals surface area contributed by atoms with E-state index in [1.165, 1.54) is 37.5 Å². The summed E-state index contributed by atoms with van der Waals surface area (Å²) in [5.41, 5.74) is 5.38. The van der Waals surface area contributed by atoms with Gasteiger partial charge in [0.25, 0.3) is 0 Å². The first-order chi connectivity index (χ1) is 21.9. The van der Waals surface area contributed by atoms with Gasteiger partial charge in [0.2, 0.25) is 0 Å². The maximum Gasteiger partial charge on any atom is 0.340 e. The minimum absolute atomic E-state index is 0.0949. The van der Waals surface area contributed by atoms with Crippen LogP contribution in [0.4, 0.5) is 4.39 Å². The smallest absolute Gasteiger partial charge is 0.340 e. The topological polar surface area (TPSA) is 65.1 Å². The highest BCUT2D eigenvalue weighted by Gasteiger charge is 2.19. The standard InChI is InChI=1S/C38H42FNO5/c1-43-37(41)15-9-10-24-40(26-32-22-23-34(35(39)25-32)38(42)44-2)27-36(33-13-7-4-8-14-33)45-28-31-20-18-30(19-21-31)17-16-29-11-5-3-6-12-29/h3-8,11-14,18-23,25,36H,9-10,15-17,24,26-28H2,1-2H3. The minimum atomic E-state index is -0.708. The molecule has 1 unspecified atom stereocenters. The Kier molecular flexibility index (Phi) is 13.3. The number of aryl methyl sites for hydroxylation is 2. The van der Waals surface area contributed by atoms with E-state index < -0.39 is 11.8 Å². The van der Waals surface area contributed by atoms with E-state index in [0.29, 0.717) is 39.1 Å². The molecule has 45 heavy (non-hydrogen) atoms. The molecule has 0 fully saturated rings. The van der Waals surface area contributed by atoms with E-state index in [1.54, 1.807) is 6.07 Å². The number of esters is 2. The van der Waals surface area contributed by atoms with Crippen molar-refractivity contribution in [2.24, 2.45) is 0 Å². The van der Waals surface area contributed by atoms with Gasteiger partial charge in [-0.2, -0.15) is 0 Å². The molecule has 4 rings (SSSR count). The molecular formula is C38H42FNO5. The second kappa shape index (κ2) is 17.8. The number of ether oxygens (including phenoxy) is 3. The van der Waals surface area contributed by atoms with Gasteiger partial charge < -0.3 is 14.2 Å². The second-order valence-electron chi connectivity index (χ2n) is 11.1. The molecule has 4 aromatic rings. The van der Waals surface area contributed by atoms with Crippen molar-refractivity contribution >= 4 is 11.9 Å². The number of carbonyl (C=O) groups is 2. The van der Waals surface area contributed by atoms with Crippen LogP contribution < -0.4 is 0 Å².